The van der Waals surface area contributed by atoms with Crippen molar-refractivity contribution in [2.24, 2.45) is 5.92 Å². The van der Waals surface area contributed by atoms with Crippen LogP contribution in [0.1, 0.15) is 35.8 Å². The Labute approximate surface area is 219 Å². The van der Waals surface area contributed by atoms with Crippen molar-refractivity contribution in [3.05, 3.63) is 70.7 Å². The number of anilines is 1. The fourth-order valence-electron chi connectivity index (χ4n) is 4.99. The number of hydrogen-bond acceptors (Lipinski definition) is 7. The van der Waals surface area contributed by atoms with Crippen molar-refractivity contribution < 1.29 is 9.32 Å². The summed E-state index contributed by atoms with van der Waals surface area (Å²) < 4.78 is 5.82. The third-order valence-electron chi connectivity index (χ3n) is 6.79. The van der Waals surface area contributed by atoms with Crippen LogP contribution in [0.2, 0.25) is 0 Å². The zero-order chi connectivity index (χ0) is 25.4. The highest BCUT2D eigenvalue weighted by Gasteiger charge is 2.26. The van der Waals surface area contributed by atoms with Crippen molar-refractivity contribution in [3.63, 3.8) is 0 Å². The van der Waals surface area contributed by atoms with Crippen molar-refractivity contribution in [1.82, 2.24) is 20.0 Å². The van der Waals surface area contributed by atoms with E-state index in [0.29, 0.717) is 24.7 Å². The molecule has 3 aromatic heterocycles. The van der Waals surface area contributed by atoms with E-state index in [9.17, 15) is 4.79 Å². The average molecular weight is 512 g/mol. The van der Waals surface area contributed by atoms with Crippen LogP contribution >= 0.6 is 11.3 Å². The molecule has 6 rings (SSSR count). The minimum atomic E-state index is 0.104. The molecular weight excluding hydrogens is 482 g/mol. The molecule has 0 spiro atoms. The normalized spacial score (nSPS) is 14.6. The first-order chi connectivity index (χ1) is 18.1. The van der Waals surface area contributed by atoms with Crippen LogP contribution in [0.4, 0.5) is 5.82 Å². The predicted molar refractivity (Wildman–Crippen MR) is 148 cm³/mol. The van der Waals surface area contributed by atoms with E-state index in [0.717, 1.165) is 64.5 Å². The molecule has 8 heteroatoms. The van der Waals surface area contributed by atoms with E-state index in [2.05, 4.69) is 54.2 Å². The number of hydrogen-bond donors (Lipinski definition) is 0. The van der Waals surface area contributed by atoms with Gasteiger partial charge in [0.1, 0.15) is 22.7 Å². The molecule has 0 saturated carbocycles. The zero-order valence-corrected chi connectivity index (χ0v) is 21.9. The third kappa shape index (κ3) is 4.69. The Morgan fingerprint density at radius 3 is 2.68 bits per heavy atom. The van der Waals surface area contributed by atoms with E-state index in [1.165, 1.54) is 16.7 Å². The number of aromatic nitrogens is 3. The summed E-state index contributed by atoms with van der Waals surface area (Å²) in [4.78, 5) is 27.8. The number of thiophene rings is 1. The van der Waals surface area contributed by atoms with Crippen molar-refractivity contribution in [3.8, 4) is 11.3 Å². The van der Waals surface area contributed by atoms with Crippen LogP contribution < -0.4 is 4.90 Å². The highest BCUT2D eigenvalue weighted by molar-refractivity contribution is 7.12. The molecule has 0 N–H and O–H groups in total. The lowest BCUT2D eigenvalue weighted by Gasteiger charge is -2.23. The van der Waals surface area contributed by atoms with Gasteiger partial charge in [0.05, 0.1) is 4.88 Å². The molecule has 4 heterocycles. The van der Waals surface area contributed by atoms with Crippen molar-refractivity contribution in [1.29, 1.82) is 0 Å². The van der Waals surface area contributed by atoms with Crippen molar-refractivity contribution in [2.75, 3.05) is 31.1 Å². The van der Waals surface area contributed by atoms with Crippen LogP contribution in [0.3, 0.4) is 0 Å². The first-order valence-corrected chi connectivity index (χ1v) is 13.7. The molecule has 188 valence electrons. The van der Waals surface area contributed by atoms with Gasteiger partial charge in [0, 0.05) is 38.2 Å². The van der Waals surface area contributed by atoms with E-state index in [4.69, 9.17) is 14.5 Å². The number of carbonyl (C=O) groups excluding carboxylic acids is 1. The summed E-state index contributed by atoms with van der Waals surface area (Å²) in [5.41, 5.74) is 2.24. The van der Waals surface area contributed by atoms with E-state index < -0.39 is 0 Å². The lowest BCUT2D eigenvalue weighted by Crippen LogP contribution is -2.35. The molecule has 1 aliphatic heterocycles. The highest BCUT2D eigenvalue weighted by atomic mass is 32.1. The fraction of sp³-hybridized carbons (Fsp3) is 0.310. The molecule has 1 amide bonds. The summed E-state index contributed by atoms with van der Waals surface area (Å²) in [7, 11) is 0. The largest absolute Gasteiger partial charge is 0.354 e. The lowest BCUT2D eigenvalue weighted by atomic mass is 10.0. The van der Waals surface area contributed by atoms with Crippen LogP contribution in [0.5, 0.6) is 0 Å². The molecule has 7 nitrogen and oxygen atoms in total. The smallest absolute Gasteiger partial charge is 0.263 e. The molecular formula is C29H29N5O2S. The van der Waals surface area contributed by atoms with Crippen molar-refractivity contribution >= 4 is 44.9 Å². The first kappa shape index (κ1) is 23.6. The van der Waals surface area contributed by atoms with Crippen LogP contribution in [0.15, 0.2) is 64.5 Å². The molecule has 0 radical (unpaired) electrons. The number of nitrogens with zero attached hydrogens (tertiary/aromatic N) is 5. The van der Waals surface area contributed by atoms with Crippen LogP contribution in [0.25, 0.3) is 33.1 Å². The summed E-state index contributed by atoms with van der Waals surface area (Å²) in [6.07, 6.45) is 1.62. The van der Waals surface area contributed by atoms with Crippen LogP contribution in [-0.4, -0.2) is 52.1 Å². The Morgan fingerprint density at radius 1 is 1.00 bits per heavy atom. The summed E-state index contributed by atoms with van der Waals surface area (Å²) in [6, 6.07) is 18.4. The summed E-state index contributed by atoms with van der Waals surface area (Å²) in [5, 5.41) is 9.59. The second kappa shape index (κ2) is 9.94. The van der Waals surface area contributed by atoms with Gasteiger partial charge in [-0.25, -0.2) is 4.98 Å². The minimum Gasteiger partial charge on any atom is -0.354 e. The van der Waals surface area contributed by atoms with Gasteiger partial charge in [-0.3, -0.25) is 4.79 Å². The summed E-state index contributed by atoms with van der Waals surface area (Å²) >= 11 is 1.49. The molecule has 1 fully saturated rings. The molecule has 1 saturated heterocycles. The van der Waals surface area contributed by atoms with Gasteiger partial charge >= 0.3 is 0 Å². The number of fused-ring (bicyclic) bond motifs is 2. The minimum absolute atomic E-state index is 0.104. The quantitative estimate of drug-likeness (QED) is 0.286. The van der Waals surface area contributed by atoms with Gasteiger partial charge in [0.2, 0.25) is 0 Å². The van der Waals surface area contributed by atoms with Gasteiger partial charge in [-0.05, 0) is 40.6 Å². The maximum absolute atomic E-state index is 13.0. The van der Waals surface area contributed by atoms with E-state index in [-0.39, 0.29) is 5.91 Å². The van der Waals surface area contributed by atoms with Gasteiger partial charge in [-0.1, -0.05) is 61.5 Å². The van der Waals surface area contributed by atoms with Gasteiger partial charge in [-0.2, -0.15) is 4.98 Å². The maximum atomic E-state index is 13.0. The highest BCUT2D eigenvalue weighted by Crippen LogP contribution is 2.35. The monoisotopic (exact) mass is 511 g/mol. The maximum Gasteiger partial charge on any atom is 0.263 e. The third-order valence-corrected chi connectivity index (χ3v) is 7.65. The second-order valence-corrected chi connectivity index (χ2v) is 10.9. The molecule has 0 bridgehead atoms. The van der Waals surface area contributed by atoms with Gasteiger partial charge in [0.25, 0.3) is 11.6 Å². The molecule has 1 aliphatic rings. The molecule has 5 aromatic rings. The van der Waals surface area contributed by atoms with E-state index >= 15 is 0 Å². The Bertz CT molecular complexity index is 1560. The molecule has 0 atom stereocenters. The van der Waals surface area contributed by atoms with E-state index in [1.807, 2.05) is 34.5 Å². The topological polar surface area (TPSA) is 75.4 Å². The average Bonchev–Trinajstić information content (AvgIpc) is 3.52. The Hall–Kier alpha value is -3.78. The Kier molecular flexibility index (Phi) is 6.34. The lowest BCUT2D eigenvalue weighted by molar-refractivity contribution is 0.0772. The predicted octanol–water partition coefficient (Wildman–Crippen LogP) is 6.05. The molecule has 0 unspecified atom stereocenters. The fourth-order valence-corrected chi connectivity index (χ4v) is 5.68. The summed E-state index contributed by atoms with van der Waals surface area (Å²) in [6.45, 7) is 7.17. The van der Waals surface area contributed by atoms with Gasteiger partial charge in [-0.15, -0.1) is 11.3 Å². The van der Waals surface area contributed by atoms with Crippen molar-refractivity contribution in [2.45, 2.75) is 26.7 Å². The summed E-state index contributed by atoms with van der Waals surface area (Å²) in [5.74, 6) is 2.12. The first-order valence-electron chi connectivity index (χ1n) is 12.8. The molecule has 37 heavy (non-hydrogen) atoms. The van der Waals surface area contributed by atoms with Crippen LogP contribution in [-0.2, 0) is 6.42 Å². The number of carbonyl (C=O) groups is 1. The number of rotatable bonds is 5. The number of amides is 1. The standard InChI is InChI=1S/C29H29N5O2S/c1-19(2)17-24-30-27(33-12-6-13-34(15-14-33)29(35)23-9-5-16-37-23)25-26(32-36-28(25)31-24)22-11-10-20-7-3-4-8-21(20)18-22/h3-5,7-11,16,18-19H,6,12-15,17H2,1-2H3. The van der Waals surface area contributed by atoms with E-state index in [1.54, 1.807) is 0 Å². The SMILES string of the molecule is CC(C)Cc1nc(N2CCCN(C(=O)c3cccs3)CC2)c2c(-c3ccc4ccccc4c3)noc2n1. The molecule has 0 aliphatic carbocycles. The van der Waals surface area contributed by atoms with Crippen LogP contribution in [0, 0.1) is 5.92 Å². The van der Waals surface area contributed by atoms with Gasteiger partial charge < -0.3 is 14.3 Å². The number of benzene rings is 2. The van der Waals surface area contributed by atoms with Gasteiger partial charge in [0.15, 0.2) is 0 Å². The Morgan fingerprint density at radius 2 is 1.86 bits per heavy atom. The second-order valence-electron chi connectivity index (χ2n) is 9.94. The Balaban J connectivity index is 1.40. The molecule has 2 aromatic carbocycles. The zero-order valence-electron chi connectivity index (χ0n) is 21.1.